The van der Waals surface area contributed by atoms with Gasteiger partial charge in [0, 0.05) is 11.6 Å². The van der Waals surface area contributed by atoms with Crippen molar-refractivity contribution in [1.82, 2.24) is 4.57 Å². The van der Waals surface area contributed by atoms with Crippen molar-refractivity contribution in [3.8, 4) is 23.3 Å². The van der Waals surface area contributed by atoms with E-state index in [0.717, 1.165) is 11.3 Å². The van der Waals surface area contributed by atoms with Crippen LogP contribution in [0.4, 0.5) is 5.69 Å². The van der Waals surface area contributed by atoms with Crippen LogP contribution in [0.5, 0.6) is 17.2 Å². The first kappa shape index (κ1) is 37.5. The van der Waals surface area contributed by atoms with E-state index >= 15 is 0 Å². The fraction of sp³-hybridized carbons (Fsp3) is 0.250. The quantitative estimate of drug-likeness (QED) is 0.102. The number of nitro groups is 1. The highest BCUT2D eigenvalue weighted by Crippen LogP contribution is 2.38. The normalized spacial score (nSPS) is 13.8. The van der Waals surface area contributed by atoms with Crippen molar-refractivity contribution in [3.05, 3.63) is 122 Å². The van der Waals surface area contributed by atoms with E-state index in [2.05, 4.69) is 31.7 Å². The number of nitrogens with zero attached hydrogens (tertiary/aromatic N) is 4. The molecule has 1 aromatic heterocycles. The van der Waals surface area contributed by atoms with Gasteiger partial charge in [-0.15, -0.1) is 0 Å². The second-order valence-corrected chi connectivity index (χ2v) is 12.8. The van der Waals surface area contributed by atoms with Crippen LogP contribution >= 0.6 is 27.3 Å². The lowest BCUT2D eigenvalue weighted by Crippen LogP contribution is -2.40. The lowest BCUT2D eigenvalue weighted by atomic mass is 9.95. The number of carbonyl (C=O) groups excluding carboxylic acids is 2. The first-order valence-corrected chi connectivity index (χ1v) is 17.4. The molecule has 2 heterocycles. The predicted octanol–water partition coefficient (Wildman–Crippen LogP) is 4.87. The molecule has 4 aromatic rings. The number of ether oxygens (including phenoxy) is 5. The van der Waals surface area contributed by atoms with E-state index in [0.29, 0.717) is 28.0 Å². The molecule has 1 atom stereocenters. The smallest absolute Gasteiger partial charge is 0.343 e. The van der Waals surface area contributed by atoms with Gasteiger partial charge in [-0.1, -0.05) is 35.6 Å². The SMILES string of the molecule is CCOC(=O)C1=C(C)N=c2s/c(=C/c3cc(Br)c(OCc4ccccc4C#N)c([N+](=O)[O-])c3)c(=O)n2[C@@H]1c1ccc(OCC(=O)OC)c(OCC)c1. The summed E-state index contributed by atoms with van der Waals surface area (Å²) in [5.74, 6) is -0.799. The minimum atomic E-state index is -1.00. The Morgan fingerprint density at radius 3 is 2.56 bits per heavy atom. The molecule has 1 aliphatic rings. The summed E-state index contributed by atoms with van der Waals surface area (Å²) in [6, 6.07) is 15.5. The summed E-state index contributed by atoms with van der Waals surface area (Å²) < 4.78 is 29.1. The zero-order valence-corrected chi connectivity index (χ0v) is 30.7. The van der Waals surface area contributed by atoms with Crippen LogP contribution in [0.1, 0.15) is 49.1 Å². The summed E-state index contributed by atoms with van der Waals surface area (Å²) in [4.78, 5) is 55.8. The van der Waals surface area contributed by atoms with Crippen molar-refractivity contribution < 1.29 is 38.2 Å². The maximum absolute atomic E-state index is 14.2. The van der Waals surface area contributed by atoms with Gasteiger partial charge in [-0.25, -0.2) is 14.6 Å². The van der Waals surface area contributed by atoms with Crippen LogP contribution in [-0.2, 0) is 25.7 Å². The summed E-state index contributed by atoms with van der Waals surface area (Å²) in [7, 11) is 1.24. The first-order valence-electron chi connectivity index (χ1n) is 15.8. The molecule has 0 amide bonds. The van der Waals surface area contributed by atoms with Crippen molar-refractivity contribution in [2.75, 3.05) is 26.9 Å². The topological polar surface area (TPSA) is 182 Å². The summed E-state index contributed by atoms with van der Waals surface area (Å²) in [6.45, 7) is 4.94. The molecule has 0 unspecified atom stereocenters. The minimum absolute atomic E-state index is 0.0461. The molecule has 0 bridgehead atoms. The molecule has 0 spiro atoms. The molecule has 268 valence electrons. The van der Waals surface area contributed by atoms with Gasteiger partial charge in [-0.3, -0.25) is 19.5 Å². The Morgan fingerprint density at radius 2 is 1.87 bits per heavy atom. The van der Waals surface area contributed by atoms with Crippen LogP contribution in [-0.4, -0.2) is 48.4 Å². The Kier molecular flexibility index (Phi) is 11.9. The van der Waals surface area contributed by atoms with Crippen molar-refractivity contribution in [2.45, 2.75) is 33.4 Å². The van der Waals surface area contributed by atoms with E-state index in [9.17, 15) is 29.8 Å². The number of nitro benzene ring substituents is 1. The van der Waals surface area contributed by atoms with E-state index in [-0.39, 0.29) is 68.7 Å². The van der Waals surface area contributed by atoms with Crippen LogP contribution in [0.3, 0.4) is 0 Å². The standard InChI is InChI=1S/C36H31BrN4O10S/c1-5-48-28-16-22(11-12-27(28)50-19-30(42)47-4)32-31(35(44)49-6-2)20(3)39-36-40(32)34(43)29(52-36)15-21-13-25(37)33(26(14-21)41(45)46)51-18-24-10-8-7-9-23(24)17-38/h7-16,32H,5-6,18-19H2,1-4H3/b29-15+/t32-/m1/s1. The summed E-state index contributed by atoms with van der Waals surface area (Å²) in [5.41, 5.74) is 1.31. The van der Waals surface area contributed by atoms with Crippen LogP contribution in [0.2, 0.25) is 0 Å². The average Bonchev–Trinajstić information content (AvgIpc) is 3.43. The number of rotatable bonds is 13. The summed E-state index contributed by atoms with van der Waals surface area (Å²) in [6.07, 6.45) is 1.49. The van der Waals surface area contributed by atoms with Gasteiger partial charge in [-0.05, 0) is 78.2 Å². The monoisotopic (exact) mass is 790 g/mol. The van der Waals surface area contributed by atoms with Gasteiger partial charge in [0.2, 0.25) is 5.75 Å². The summed E-state index contributed by atoms with van der Waals surface area (Å²) in [5, 5.41) is 21.6. The second-order valence-electron chi connectivity index (χ2n) is 11.0. The number of nitriles is 1. The lowest BCUT2D eigenvalue weighted by Gasteiger charge is -2.25. The van der Waals surface area contributed by atoms with Gasteiger partial charge in [0.1, 0.15) is 6.61 Å². The molecule has 5 rings (SSSR count). The number of esters is 2. The molecular weight excluding hydrogens is 760 g/mol. The first-order chi connectivity index (χ1) is 25.0. The zero-order chi connectivity index (χ0) is 37.5. The maximum Gasteiger partial charge on any atom is 0.343 e. The molecule has 1 aliphatic heterocycles. The highest BCUT2D eigenvalue weighted by Gasteiger charge is 2.34. The van der Waals surface area contributed by atoms with Crippen molar-refractivity contribution >= 4 is 51.0 Å². The minimum Gasteiger partial charge on any atom is -0.490 e. The molecular formula is C36H31BrN4O10S. The Hall–Kier alpha value is -5.79. The van der Waals surface area contributed by atoms with Crippen LogP contribution in [0.25, 0.3) is 6.08 Å². The maximum atomic E-state index is 14.2. The van der Waals surface area contributed by atoms with Gasteiger partial charge in [-0.2, -0.15) is 5.26 Å². The van der Waals surface area contributed by atoms with Crippen LogP contribution in [0.15, 0.2) is 80.1 Å². The third-order valence-electron chi connectivity index (χ3n) is 7.72. The van der Waals surface area contributed by atoms with Gasteiger partial charge < -0.3 is 23.7 Å². The number of aromatic nitrogens is 1. The number of hydrogen-bond donors (Lipinski definition) is 0. The molecule has 3 aromatic carbocycles. The number of halogens is 1. The fourth-order valence-corrected chi connectivity index (χ4v) is 7.03. The third kappa shape index (κ3) is 7.90. The Labute approximate surface area is 309 Å². The van der Waals surface area contributed by atoms with Gasteiger partial charge in [0.15, 0.2) is 22.9 Å². The number of hydrogen-bond acceptors (Lipinski definition) is 13. The van der Waals surface area contributed by atoms with Gasteiger partial charge >= 0.3 is 17.6 Å². The van der Waals surface area contributed by atoms with Crippen molar-refractivity contribution in [3.63, 3.8) is 0 Å². The van der Waals surface area contributed by atoms with E-state index in [1.165, 1.54) is 23.8 Å². The molecule has 0 saturated heterocycles. The molecule has 14 nitrogen and oxygen atoms in total. The highest BCUT2D eigenvalue weighted by molar-refractivity contribution is 9.10. The van der Waals surface area contributed by atoms with Gasteiger partial charge in [0.25, 0.3) is 5.56 Å². The van der Waals surface area contributed by atoms with Gasteiger partial charge in [0.05, 0.1) is 63.2 Å². The number of thiazole rings is 1. The molecule has 52 heavy (non-hydrogen) atoms. The predicted molar refractivity (Wildman–Crippen MR) is 192 cm³/mol. The number of carbonyl (C=O) groups is 2. The second kappa shape index (κ2) is 16.5. The molecule has 0 radical (unpaired) electrons. The van der Waals surface area contributed by atoms with E-state index in [1.54, 1.807) is 69.3 Å². The Bertz CT molecular complexity index is 2330. The fourth-order valence-electron chi connectivity index (χ4n) is 5.40. The molecule has 0 saturated carbocycles. The summed E-state index contributed by atoms with van der Waals surface area (Å²) >= 11 is 4.42. The lowest BCUT2D eigenvalue weighted by molar-refractivity contribution is -0.386. The number of benzene rings is 3. The largest absolute Gasteiger partial charge is 0.490 e. The molecule has 0 aliphatic carbocycles. The number of fused-ring (bicyclic) bond motifs is 1. The van der Waals surface area contributed by atoms with Crippen LogP contribution < -0.4 is 29.1 Å². The molecule has 16 heteroatoms. The Morgan fingerprint density at radius 1 is 1.10 bits per heavy atom. The molecule has 0 fully saturated rings. The highest BCUT2D eigenvalue weighted by atomic mass is 79.9. The number of methoxy groups -OCH3 is 1. The van der Waals surface area contributed by atoms with Crippen LogP contribution in [0, 0.1) is 21.4 Å². The average molecular weight is 792 g/mol. The van der Waals surface area contributed by atoms with Crippen molar-refractivity contribution in [1.29, 1.82) is 5.26 Å². The van der Waals surface area contributed by atoms with E-state index in [1.807, 2.05) is 0 Å². The Balaban J connectivity index is 1.61. The van der Waals surface area contributed by atoms with E-state index in [4.69, 9.17) is 18.9 Å². The molecule has 0 N–H and O–H groups in total. The zero-order valence-electron chi connectivity index (χ0n) is 28.3. The van der Waals surface area contributed by atoms with Crippen molar-refractivity contribution in [2.24, 2.45) is 4.99 Å². The number of allylic oxidation sites excluding steroid dienone is 1. The van der Waals surface area contributed by atoms with E-state index < -0.39 is 28.5 Å². The third-order valence-corrected chi connectivity index (χ3v) is 9.30.